The summed E-state index contributed by atoms with van der Waals surface area (Å²) in [7, 11) is 0. The predicted octanol–water partition coefficient (Wildman–Crippen LogP) is 1.39. The number of rotatable bonds is 5. The number of carbonyl (C=O) groups is 1. The van der Waals surface area contributed by atoms with E-state index in [4.69, 9.17) is 11.5 Å². The average molecular weight is 219 g/mol. The first kappa shape index (κ1) is 12.0. The second-order valence-corrected chi connectivity index (χ2v) is 3.26. The summed E-state index contributed by atoms with van der Waals surface area (Å²) in [6.07, 6.45) is 7.87. The van der Waals surface area contributed by atoms with Crippen LogP contribution >= 0.6 is 0 Å². The lowest BCUT2D eigenvalue weighted by atomic mass is 10.1. The highest BCUT2D eigenvalue weighted by atomic mass is 16.4. The molecule has 0 saturated heterocycles. The zero-order chi connectivity index (χ0) is 12.0. The van der Waals surface area contributed by atoms with E-state index in [9.17, 15) is 4.79 Å². The molecule has 16 heavy (non-hydrogen) atoms. The van der Waals surface area contributed by atoms with Crippen molar-refractivity contribution in [2.24, 2.45) is 0 Å². The molecule has 1 rings (SSSR count). The highest BCUT2D eigenvalue weighted by Crippen LogP contribution is 2.13. The Labute approximate surface area is 93.9 Å². The minimum absolute atomic E-state index is 0.0137. The molecule has 0 aliphatic carbocycles. The van der Waals surface area contributed by atoms with Gasteiger partial charge in [-0.2, -0.15) is 5.10 Å². The summed E-state index contributed by atoms with van der Waals surface area (Å²) in [5, 5.41) is 19.3. The first-order valence-corrected chi connectivity index (χ1v) is 4.94. The van der Waals surface area contributed by atoms with Gasteiger partial charge in [0.25, 0.3) is 0 Å². The number of aromatic nitrogens is 2. The zero-order valence-electron chi connectivity index (χ0n) is 8.97. The van der Waals surface area contributed by atoms with Gasteiger partial charge in [-0.25, -0.2) is 4.79 Å². The van der Waals surface area contributed by atoms with Gasteiger partial charge in [0, 0.05) is 12.5 Å². The Hall–Kier alpha value is -2.09. The molecule has 84 valence electrons. The lowest BCUT2D eigenvalue weighted by Crippen LogP contribution is -2.20. The molecular formula is C11H13N3O2. The van der Waals surface area contributed by atoms with E-state index in [1.165, 1.54) is 12.3 Å². The van der Waals surface area contributed by atoms with Crippen LogP contribution in [0.15, 0.2) is 12.3 Å². The Morgan fingerprint density at radius 1 is 1.75 bits per heavy atom. The average Bonchev–Trinajstić information content (AvgIpc) is 2.29. The molecule has 0 spiro atoms. The first-order valence-electron chi connectivity index (χ1n) is 4.94. The van der Waals surface area contributed by atoms with Crippen molar-refractivity contribution in [3.8, 4) is 12.3 Å². The molecule has 5 nitrogen and oxygen atoms in total. The summed E-state index contributed by atoms with van der Waals surface area (Å²) >= 11 is 0. The molecule has 0 bridgehead atoms. The van der Waals surface area contributed by atoms with Crippen molar-refractivity contribution in [2.75, 3.05) is 5.32 Å². The summed E-state index contributed by atoms with van der Waals surface area (Å²) < 4.78 is 0. The maximum absolute atomic E-state index is 10.9. The molecule has 0 saturated carbocycles. The number of nitrogens with zero attached hydrogens (tertiary/aromatic N) is 2. The van der Waals surface area contributed by atoms with Crippen LogP contribution in [-0.2, 0) is 0 Å². The molecule has 0 aliphatic heterocycles. The molecule has 1 atom stereocenters. The number of carboxylic acids is 1. The highest BCUT2D eigenvalue weighted by Gasteiger charge is 2.14. The van der Waals surface area contributed by atoms with Gasteiger partial charge < -0.3 is 10.4 Å². The van der Waals surface area contributed by atoms with Crippen LogP contribution in [0.25, 0.3) is 0 Å². The Balaban J connectivity index is 2.87. The van der Waals surface area contributed by atoms with E-state index in [1.54, 1.807) is 0 Å². The van der Waals surface area contributed by atoms with E-state index in [1.807, 2.05) is 6.92 Å². The van der Waals surface area contributed by atoms with Crippen molar-refractivity contribution in [3.63, 3.8) is 0 Å². The second kappa shape index (κ2) is 5.71. The SMILES string of the molecule is C#CCC(CC)Nc1nnccc1C(=O)O. The van der Waals surface area contributed by atoms with Crippen molar-refractivity contribution in [1.82, 2.24) is 10.2 Å². The normalized spacial score (nSPS) is 11.5. The van der Waals surface area contributed by atoms with Crippen LogP contribution in [-0.4, -0.2) is 27.3 Å². The van der Waals surface area contributed by atoms with Crippen LogP contribution in [0.3, 0.4) is 0 Å². The van der Waals surface area contributed by atoms with Crippen LogP contribution in [0.1, 0.15) is 30.1 Å². The molecule has 1 aromatic rings. The number of aromatic carboxylic acids is 1. The number of carboxylic acid groups (broad SMARTS) is 1. The lowest BCUT2D eigenvalue weighted by molar-refractivity contribution is 0.0697. The Morgan fingerprint density at radius 3 is 3.06 bits per heavy atom. The summed E-state index contributed by atoms with van der Waals surface area (Å²) in [6, 6.07) is 1.42. The molecule has 0 amide bonds. The molecule has 0 aromatic carbocycles. The van der Waals surface area contributed by atoms with E-state index in [2.05, 4.69) is 21.4 Å². The molecule has 1 unspecified atom stereocenters. The zero-order valence-corrected chi connectivity index (χ0v) is 8.97. The van der Waals surface area contributed by atoms with Crippen molar-refractivity contribution in [2.45, 2.75) is 25.8 Å². The highest BCUT2D eigenvalue weighted by molar-refractivity contribution is 5.92. The summed E-state index contributed by atoms with van der Waals surface area (Å²) in [6.45, 7) is 1.96. The van der Waals surface area contributed by atoms with Crippen LogP contribution in [0.2, 0.25) is 0 Å². The van der Waals surface area contributed by atoms with Crippen molar-refractivity contribution < 1.29 is 9.90 Å². The summed E-state index contributed by atoms with van der Waals surface area (Å²) in [4.78, 5) is 10.9. The van der Waals surface area contributed by atoms with Gasteiger partial charge in [0.05, 0.1) is 6.20 Å². The molecule has 1 heterocycles. The van der Waals surface area contributed by atoms with Gasteiger partial charge in [0.1, 0.15) is 5.56 Å². The van der Waals surface area contributed by atoms with Gasteiger partial charge in [-0.05, 0) is 12.5 Å². The van der Waals surface area contributed by atoms with Gasteiger partial charge >= 0.3 is 5.97 Å². The first-order chi connectivity index (χ1) is 7.69. The van der Waals surface area contributed by atoms with Crippen molar-refractivity contribution >= 4 is 11.8 Å². The number of hydrogen-bond acceptors (Lipinski definition) is 4. The van der Waals surface area contributed by atoms with Gasteiger partial charge in [0.2, 0.25) is 0 Å². The van der Waals surface area contributed by atoms with Gasteiger partial charge in [-0.1, -0.05) is 6.92 Å². The van der Waals surface area contributed by atoms with Gasteiger partial charge in [-0.3, -0.25) is 0 Å². The maximum Gasteiger partial charge on any atom is 0.339 e. The fourth-order valence-electron chi connectivity index (χ4n) is 1.24. The minimum atomic E-state index is -1.03. The van der Waals surface area contributed by atoms with Crippen LogP contribution in [0.5, 0.6) is 0 Å². The van der Waals surface area contributed by atoms with E-state index < -0.39 is 5.97 Å². The molecule has 1 aromatic heterocycles. The molecular weight excluding hydrogens is 206 g/mol. The standard InChI is InChI=1S/C11H13N3O2/c1-3-5-8(4-2)13-10-9(11(15)16)6-7-12-14-10/h1,6-8H,4-5H2,2H3,(H,13,14)(H,15,16). The Morgan fingerprint density at radius 2 is 2.50 bits per heavy atom. The Bertz CT molecular complexity index is 412. The van der Waals surface area contributed by atoms with Gasteiger partial charge in [-0.15, -0.1) is 17.4 Å². The quantitative estimate of drug-likeness (QED) is 0.732. The van der Waals surface area contributed by atoms with Crippen LogP contribution in [0.4, 0.5) is 5.82 Å². The van der Waals surface area contributed by atoms with Crippen LogP contribution in [0, 0.1) is 12.3 Å². The summed E-state index contributed by atoms with van der Waals surface area (Å²) in [5.41, 5.74) is 0.102. The van der Waals surface area contributed by atoms with Crippen molar-refractivity contribution in [1.29, 1.82) is 0 Å². The molecule has 5 heteroatoms. The third-order valence-electron chi connectivity index (χ3n) is 2.15. The molecule has 2 N–H and O–H groups in total. The molecule has 0 radical (unpaired) electrons. The number of terminal acetylenes is 1. The minimum Gasteiger partial charge on any atom is -0.478 e. The second-order valence-electron chi connectivity index (χ2n) is 3.26. The van der Waals surface area contributed by atoms with Crippen molar-refractivity contribution in [3.05, 3.63) is 17.8 Å². The largest absolute Gasteiger partial charge is 0.478 e. The van der Waals surface area contributed by atoms with E-state index in [-0.39, 0.29) is 17.4 Å². The number of nitrogens with one attached hydrogen (secondary N) is 1. The predicted molar refractivity (Wildman–Crippen MR) is 60.1 cm³/mol. The van der Waals surface area contributed by atoms with E-state index in [0.29, 0.717) is 6.42 Å². The maximum atomic E-state index is 10.9. The van der Waals surface area contributed by atoms with E-state index in [0.717, 1.165) is 6.42 Å². The smallest absolute Gasteiger partial charge is 0.339 e. The van der Waals surface area contributed by atoms with E-state index >= 15 is 0 Å². The van der Waals surface area contributed by atoms with Gasteiger partial charge in [0.15, 0.2) is 5.82 Å². The molecule has 0 fully saturated rings. The number of anilines is 1. The topological polar surface area (TPSA) is 75.1 Å². The lowest BCUT2D eigenvalue weighted by Gasteiger charge is -2.15. The summed E-state index contributed by atoms with van der Waals surface area (Å²) in [5.74, 6) is 1.76. The Kier molecular flexibility index (Phi) is 4.28. The third kappa shape index (κ3) is 2.95. The fourth-order valence-corrected chi connectivity index (χ4v) is 1.24. The molecule has 0 aliphatic rings. The van der Waals surface area contributed by atoms with Crippen LogP contribution < -0.4 is 5.32 Å². The number of hydrogen-bond donors (Lipinski definition) is 2. The fraction of sp³-hybridized carbons (Fsp3) is 0.364. The monoisotopic (exact) mass is 219 g/mol. The third-order valence-corrected chi connectivity index (χ3v) is 2.15.